The molecule has 0 unspecified atom stereocenters. The highest BCUT2D eigenvalue weighted by Crippen LogP contribution is 2.40. The van der Waals surface area contributed by atoms with Crippen LogP contribution >= 0.6 is 0 Å². The molecule has 0 bridgehead atoms. The highest BCUT2D eigenvalue weighted by molar-refractivity contribution is 6.25. The number of aromatic nitrogens is 4. The van der Waals surface area contributed by atoms with Gasteiger partial charge in [-0.15, -0.1) is 0 Å². The van der Waals surface area contributed by atoms with Crippen LogP contribution in [0.2, 0.25) is 0 Å². The van der Waals surface area contributed by atoms with Gasteiger partial charge in [0.15, 0.2) is 17.5 Å². The van der Waals surface area contributed by atoms with Crippen molar-refractivity contribution in [1.82, 2.24) is 19.9 Å². The molecule has 9 aromatic rings. The first-order chi connectivity index (χ1) is 21.8. The summed E-state index contributed by atoms with van der Waals surface area (Å²) in [7, 11) is 0. The van der Waals surface area contributed by atoms with Crippen LogP contribution in [0.4, 0.5) is 0 Å². The van der Waals surface area contributed by atoms with Crippen LogP contribution in [0.1, 0.15) is 0 Å². The summed E-state index contributed by atoms with van der Waals surface area (Å²) in [5, 5.41) is 9.55. The Morgan fingerprint density at radius 1 is 0.341 bits per heavy atom. The fourth-order valence-corrected chi connectivity index (χ4v) is 6.54. The summed E-state index contributed by atoms with van der Waals surface area (Å²) in [6.07, 6.45) is 3.71. The molecule has 44 heavy (non-hydrogen) atoms. The third kappa shape index (κ3) is 3.85. The minimum absolute atomic E-state index is 0.647. The Morgan fingerprint density at radius 2 is 0.932 bits per heavy atom. The summed E-state index contributed by atoms with van der Waals surface area (Å²) in [6, 6.07) is 46.6. The quantitative estimate of drug-likeness (QED) is 0.201. The average molecular weight is 561 g/mol. The van der Waals surface area contributed by atoms with E-state index in [4.69, 9.17) is 15.0 Å². The summed E-state index contributed by atoms with van der Waals surface area (Å²) in [5.41, 5.74) is 5.11. The van der Waals surface area contributed by atoms with E-state index in [0.29, 0.717) is 17.5 Å². The van der Waals surface area contributed by atoms with Gasteiger partial charge < -0.3 is 0 Å². The van der Waals surface area contributed by atoms with Gasteiger partial charge in [-0.3, -0.25) is 4.98 Å². The third-order valence-corrected chi connectivity index (χ3v) is 8.57. The first kappa shape index (κ1) is 24.6. The Kier molecular flexibility index (Phi) is 5.47. The molecule has 204 valence electrons. The molecule has 9 rings (SSSR count). The van der Waals surface area contributed by atoms with Gasteiger partial charge in [0.2, 0.25) is 0 Å². The van der Waals surface area contributed by atoms with Crippen molar-refractivity contribution in [1.29, 1.82) is 0 Å². The standard InChI is InChI=1S/C40H24N4/c1-2-8-28(9-3-1)38-42-39(34-16-6-14-31-30(13-5-15-32(31)34)29-12-7-23-41-24-29)44-40(43-38)35-22-20-27-18-17-25-10-4-11-26-19-21-33(35)37(27)36(25)26/h1-24H. The van der Waals surface area contributed by atoms with Gasteiger partial charge in [0.1, 0.15) is 0 Å². The van der Waals surface area contributed by atoms with Crippen molar-refractivity contribution in [2.75, 3.05) is 0 Å². The lowest BCUT2D eigenvalue weighted by molar-refractivity contribution is 1.08. The molecular formula is C40H24N4. The van der Waals surface area contributed by atoms with E-state index in [2.05, 4.69) is 114 Å². The number of hydrogen-bond donors (Lipinski definition) is 0. The summed E-state index contributed by atoms with van der Waals surface area (Å²) in [4.78, 5) is 19.7. The van der Waals surface area contributed by atoms with Crippen LogP contribution in [0.5, 0.6) is 0 Å². The molecule has 0 saturated carbocycles. The van der Waals surface area contributed by atoms with Crippen molar-refractivity contribution in [3.8, 4) is 45.3 Å². The van der Waals surface area contributed by atoms with Gasteiger partial charge in [0.05, 0.1) is 0 Å². The van der Waals surface area contributed by atoms with Gasteiger partial charge in [-0.05, 0) is 60.8 Å². The summed E-state index contributed by atoms with van der Waals surface area (Å²) in [5.74, 6) is 1.96. The molecule has 2 aromatic heterocycles. The van der Waals surface area contributed by atoms with Crippen LogP contribution in [0, 0.1) is 0 Å². The van der Waals surface area contributed by atoms with Gasteiger partial charge in [-0.25, -0.2) is 15.0 Å². The monoisotopic (exact) mass is 560 g/mol. The Morgan fingerprint density at radius 3 is 1.68 bits per heavy atom. The van der Waals surface area contributed by atoms with Crippen molar-refractivity contribution in [3.05, 3.63) is 146 Å². The van der Waals surface area contributed by atoms with Crippen molar-refractivity contribution >= 4 is 43.1 Å². The van der Waals surface area contributed by atoms with Crippen molar-refractivity contribution in [2.24, 2.45) is 0 Å². The lowest BCUT2D eigenvalue weighted by atomic mass is 9.92. The largest absolute Gasteiger partial charge is 0.264 e. The van der Waals surface area contributed by atoms with Gasteiger partial charge >= 0.3 is 0 Å². The van der Waals surface area contributed by atoms with Crippen LogP contribution in [0.25, 0.3) is 88.4 Å². The van der Waals surface area contributed by atoms with Crippen molar-refractivity contribution in [2.45, 2.75) is 0 Å². The second-order valence-corrected chi connectivity index (χ2v) is 11.1. The smallest absolute Gasteiger partial charge is 0.164 e. The van der Waals surface area contributed by atoms with Crippen LogP contribution in [0.3, 0.4) is 0 Å². The van der Waals surface area contributed by atoms with Gasteiger partial charge in [-0.2, -0.15) is 0 Å². The molecule has 0 aliphatic heterocycles. The summed E-state index contributed by atoms with van der Waals surface area (Å²) < 4.78 is 0. The molecule has 7 aromatic carbocycles. The van der Waals surface area contributed by atoms with Crippen LogP contribution in [0.15, 0.2) is 146 Å². The molecule has 0 saturated heterocycles. The molecule has 4 heteroatoms. The lowest BCUT2D eigenvalue weighted by Crippen LogP contribution is -2.01. The van der Waals surface area contributed by atoms with E-state index >= 15 is 0 Å². The van der Waals surface area contributed by atoms with Gasteiger partial charge in [-0.1, -0.05) is 121 Å². The van der Waals surface area contributed by atoms with E-state index in [1.54, 1.807) is 6.20 Å². The summed E-state index contributed by atoms with van der Waals surface area (Å²) in [6.45, 7) is 0. The van der Waals surface area contributed by atoms with E-state index in [1.165, 1.54) is 26.9 Å². The van der Waals surface area contributed by atoms with Crippen LogP contribution in [-0.2, 0) is 0 Å². The molecule has 4 nitrogen and oxygen atoms in total. The second kappa shape index (κ2) is 9.79. The highest BCUT2D eigenvalue weighted by Gasteiger charge is 2.18. The van der Waals surface area contributed by atoms with Crippen molar-refractivity contribution < 1.29 is 0 Å². The molecule has 0 aliphatic rings. The number of pyridine rings is 1. The molecule has 2 heterocycles. The van der Waals surface area contributed by atoms with Crippen LogP contribution < -0.4 is 0 Å². The Labute approximate surface area is 253 Å². The molecule has 0 radical (unpaired) electrons. The molecule has 0 fully saturated rings. The van der Waals surface area contributed by atoms with E-state index in [1.807, 2.05) is 30.5 Å². The third-order valence-electron chi connectivity index (χ3n) is 8.57. The highest BCUT2D eigenvalue weighted by atomic mass is 15.0. The van der Waals surface area contributed by atoms with Gasteiger partial charge in [0, 0.05) is 34.6 Å². The van der Waals surface area contributed by atoms with E-state index in [0.717, 1.165) is 44.0 Å². The molecular weight excluding hydrogens is 536 g/mol. The molecule has 0 amide bonds. The topological polar surface area (TPSA) is 51.6 Å². The maximum absolute atomic E-state index is 5.20. The second-order valence-electron chi connectivity index (χ2n) is 11.1. The van der Waals surface area contributed by atoms with Crippen molar-refractivity contribution in [3.63, 3.8) is 0 Å². The molecule has 0 spiro atoms. The molecule has 0 aliphatic carbocycles. The zero-order chi connectivity index (χ0) is 29.0. The number of nitrogens with zero attached hydrogens (tertiary/aromatic N) is 4. The maximum atomic E-state index is 5.20. The molecule has 0 atom stereocenters. The average Bonchev–Trinajstić information content (AvgIpc) is 3.10. The minimum atomic E-state index is 0.647. The zero-order valence-corrected chi connectivity index (χ0v) is 23.6. The number of fused-ring (bicyclic) bond motifs is 1. The predicted molar refractivity (Wildman–Crippen MR) is 181 cm³/mol. The first-order valence-corrected chi connectivity index (χ1v) is 14.7. The predicted octanol–water partition coefficient (Wildman–Crippen LogP) is 9.99. The fraction of sp³-hybridized carbons (Fsp3) is 0. The molecule has 0 N–H and O–H groups in total. The number of rotatable bonds is 4. The van der Waals surface area contributed by atoms with E-state index < -0.39 is 0 Å². The minimum Gasteiger partial charge on any atom is -0.264 e. The van der Waals surface area contributed by atoms with E-state index in [9.17, 15) is 0 Å². The first-order valence-electron chi connectivity index (χ1n) is 14.7. The normalized spacial score (nSPS) is 11.6. The summed E-state index contributed by atoms with van der Waals surface area (Å²) >= 11 is 0. The maximum Gasteiger partial charge on any atom is 0.164 e. The SMILES string of the molecule is c1ccc(-c2nc(-c3cccc4c(-c5cccnc5)cccc34)nc(-c3ccc4ccc5cccc6ccc3c4c56)n2)cc1. The Hall–Kier alpha value is -6.00. The Bertz CT molecular complexity index is 2470. The number of benzene rings is 7. The zero-order valence-electron chi connectivity index (χ0n) is 23.6. The Balaban J connectivity index is 1.32. The lowest BCUT2D eigenvalue weighted by Gasteiger charge is -2.15. The van der Waals surface area contributed by atoms with Gasteiger partial charge in [0.25, 0.3) is 0 Å². The number of hydrogen-bond acceptors (Lipinski definition) is 4. The van der Waals surface area contributed by atoms with E-state index in [-0.39, 0.29) is 0 Å². The fourth-order valence-electron chi connectivity index (χ4n) is 6.54. The van der Waals surface area contributed by atoms with Crippen LogP contribution in [-0.4, -0.2) is 19.9 Å².